The summed E-state index contributed by atoms with van der Waals surface area (Å²) in [6.07, 6.45) is 3.17. The van der Waals surface area contributed by atoms with Crippen LogP contribution in [-0.4, -0.2) is 39.9 Å². The minimum absolute atomic E-state index is 0.0349. The zero-order valence-corrected chi connectivity index (χ0v) is 9.76. The molecule has 0 spiro atoms. The molecule has 1 aromatic rings. The van der Waals surface area contributed by atoms with E-state index >= 15 is 0 Å². The Bertz CT molecular complexity index is 432. The van der Waals surface area contributed by atoms with Gasteiger partial charge in [-0.3, -0.25) is 0 Å². The number of β-amino-alcohol motifs (C(OH)–C–C–N with tert-alkyl or cyclic N) is 1. The Hall–Kier alpha value is -1.62. The first-order chi connectivity index (χ1) is 7.98. The summed E-state index contributed by atoms with van der Waals surface area (Å²) < 4.78 is 0. The van der Waals surface area contributed by atoms with Gasteiger partial charge in [-0.2, -0.15) is 0 Å². The normalized spacial score (nSPS) is 24.7. The molecule has 2 heterocycles. The summed E-state index contributed by atoms with van der Waals surface area (Å²) in [6.45, 7) is 3.16. The molecule has 5 heteroatoms. The van der Waals surface area contributed by atoms with Crippen molar-refractivity contribution >= 4 is 11.7 Å². The van der Waals surface area contributed by atoms with Crippen molar-refractivity contribution in [3.05, 3.63) is 24.0 Å². The maximum absolute atomic E-state index is 10.8. The van der Waals surface area contributed by atoms with E-state index in [-0.39, 0.29) is 5.69 Å². The van der Waals surface area contributed by atoms with Crippen LogP contribution < -0.4 is 4.90 Å². The molecule has 92 valence electrons. The van der Waals surface area contributed by atoms with E-state index < -0.39 is 11.6 Å². The number of aliphatic hydroxyl groups is 1. The van der Waals surface area contributed by atoms with Gasteiger partial charge in [0, 0.05) is 25.0 Å². The molecule has 1 atom stereocenters. The summed E-state index contributed by atoms with van der Waals surface area (Å²) >= 11 is 0. The van der Waals surface area contributed by atoms with E-state index in [9.17, 15) is 9.90 Å². The van der Waals surface area contributed by atoms with Crippen molar-refractivity contribution < 1.29 is 15.0 Å². The molecule has 2 N–H and O–H groups in total. The number of hydrogen-bond donors (Lipinski definition) is 2. The standard InChI is InChI=1S/C12H16N2O3/c1-12(17)4-2-6-14(8-12)9-3-5-13-10(7-9)11(15)16/h3,5,7,17H,2,4,6,8H2,1H3,(H,15,16). The van der Waals surface area contributed by atoms with Crippen LogP contribution in [0.1, 0.15) is 30.3 Å². The predicted molar refractivity (Wildman–Crippen MR) is 63.3 cm³/mol. The molecule has 5 nitrogen and oxygen atoms in total. The van der Waals surface area contributed by atoms with E-state index in [0.717, 1.165) is 25.1 Å². The van der Waals surface area contributed by atoms with Gasteiger partial charge in [-0.1, -0.05) is 0 Å². The highest BCUT2D eigenvalue weighted by Gasteiger charge is 2.28. The van der Waals surface area contributed by atoms with Crippen LogP contribution >= 0.6 is 0 Å². The molecular formula is C12H16N2O3. The lowest BCUT2D eigenvalue weighted by molar-refractivity contribution is 0.0449. The summed E-state index contributed by atoms with van der Waals surface area (Å²) in [6, 6.07) is 3.32. The SMILES string of the molecule is CC1(O)CCCN(c2ccnc(C(=O)O)c2)C1. The quantitative estimate of drug-likeness (QED) is 0.805. The van der Waals surface area contributed by atoms with E-state index in [1.165, 1.54) is 6.20 Å². The molecule has 0 aliphatic carbocycles. The third-order valence-corrected chi connectivity index (χ3v) is 3.00. The molecule has 1 aliphatic heterocycles. The van der Waals surface area contributed by atoms with Crippen molar-refractivity contribution in [3.8, 4) is 0 Å². The molecule has 1 saturated heterocycles. The molecular weight excluding hydrogens is 220 g/mol. The summed E-state index contributed by atoms with van der Waals surface area (Å²) in [4.78, 5) is 16.6. The second kappa shape index (κ2) is 4.33. The van der Waals surface area contributed by atoms with Crippen LogP contribution in [0.15, 0.2) is 18.3 Å². The number of carboxylic acid groups (broad SMARTS) is 1. The maximum Gasteiger partial charge on any atom is 0.354 e. The van der Waals surface area contributed by atoms with Gasteiger partial charge in [-0.25, -0.2) is 9.78 Å². The average molecular weight is 236 g/mol. The highest BCUT2D eigenvalue weighted by Crippen LogP contribution is 2.25. The van der Waals surface area contributed by atoms with Gasteiger partial charge in [0.15, 0.2) is 0 Å². The third-order valence-electron chi connectivity index (χ3n) is 3.00. The molecule has 17 heavy (non-hydrogen) atoms. The molecule has 0 amide bonds. The average Bonchev–Trinajstić information content (AvgIpc) is 2.28. The summed E-state index contributed by atoms with van der Waals surface area (Å²) in [5.74, 6) is -1.03. The molecule has 0 radical (unpaired) electrons. The van der Waals surface area contributed by atoms with Crippen LogP contribution in [0, 0.1) is 0 Å². The van der Waals surface area contributed by atoms with Crippen molar-refractivity contribution in [2.45, 2.75) is 25.4 Å². The van der Waals surface area contributed by atoms with Gasteiger partial charge in [-0.15, -0.1) is 0 Å². The van der Waals surface area contributed by atoms with Crippen molar-refractivity contribution in [1.29, 1.82) is 0 Å². The van der Waals surface area contributed by atoms with Crippen LogP contribution in [0.4, 0.5) is 5.69 Å². The lowest BCUT2D eigenvalue weighted by atomic mass is 9.95. The zero-order valence-electron chi connectivity index (χ0n) is 9.76. The molecule has 0 bridgehead atoms. The first-order valence-corrected chi connectivity index (χ1v) is 5.65. The number of aromatic carboxylic acids is 1. The second-order valence-electron chi connectivity index (χ2n) is 4.73. The van der Waals surface area contributed by atoms with Crippen molar-refractivity contribution in [2.75, 3.05) is 18.0 Å². The molecule has 1 aromatic heterocycles. The van der Waals surface area contributed by atoms with E-state index in [4.69, 9.17) is 5.11 Å². The topological polar surface area (TPSA) is 73.7 Å². The molecule has 0 saturated carbocycles. The minimum Gasteiger partial charge on any atom is -0.477 e. The van der Waals surface area contributed by atoms with Gasteiger partial charge < -0.3 is 15.1 Å². The summed E-state index contributed by atoms with van der Waals surface area (Å²) in [5, 5.41) is 18.9. The number of pyridine rings is 1. The number of carboxylic acids is 1. The Kier molecular flexibility index (Phi) is 3.02. The lowest BCUT2D eigenvalue weighted by Crippen LogP contribution is -2.46. The van der Waals surface area contributed by atoms with E-state index in [1.807, 2.05) is 4.90 Å². The van der Waals surface area contributed by atoms with Gasteiger partial charge >= 0.3 is 5.97 Å². The number of carbonyl (C=O) groups is 1. The largest absolute Gasteiger partial charge is 0.477 e. The Balaban J connectivity index is 2.22. The minimum atomic E-state index is -1.03. The monoisotopic (exact) mass is 236 g/mol. The van der Waals surface area contributed by atoms with Crippen LogP contribution in [0.25, 0.3) is 0 Å². The first-order valence-electron chi connectivity index (χ1n) is 5.65. The first kappa shape index (κ1) is 11.9. The van der Waals surface area contributed by atoms with Gasteiger partial charge in [0.25, 0.3) is 0 Å². The van der Waals surface area contributed by atoms with Gasteiger partial charge in [0.05, 0.1) is 5.60 Å². The molecule has 2 rings (SSSR count). The highest BCUT2D eigenvalue weighted by molar-refractivity contribution is 5.86. The van der Waals surface area contributed by atoms with Gasteiger partial charge in [-0.05, 0) is 31.9 Å². The Morgan fingerprint density at radius 1 is 1.59 bits per heavy atom. The molecule has 1 fully saturated rings. The molecule has 1 unspecified atom stereocenters. The summed E-state index contributed by atoms with van der Waals surface area (Å²) in [5.41, 5.74) is 0.135. The van der Waals surface area contributed by atoms with Crippen LogP contribution in [0.3, 0.4) is 0 Å². The fourth-order valence-electron chi connectivity index (χ4n) is 2.17. The number of anilines is 1. The number of rotatable bonds is 2. The smallest absolute Gasteiger partial charge is 0.354 e. The van der Waals surface area contributed by atoms with Gasteiger partial charge in [0.1, 0.15) is 5.69 Å². The molecule has 1 aliphatic rings. The third kappa shape index (κ3) is 2.74. The van der Waals surface area contributed by atoms with E-state index in [2.05, 4.69) is 4.98 Å². The van der Waals surface area contributed by atoms with E-state index in [1.54, 1.807) is 19.1 Å². The van der Waals surface area contributed by atoms with Gasteiger partial charge in [0.2, 0.25) is 0 Å². The number of piperidine rings is 1. The van der Waals surface area contributed by atoms with Crippen molar-refractivity contribution in [1.82, 2.24) is 4.98 Å². The highest BCUT2D eigenvalue weighted by atomic mass is 16.4. The number of hydrogen-bond acceptors (Lipinski definition) is 4. The van der Waals surface area contributed by atoms with Crippen LogP contribution in [-0.2, 0) is 0 Å². The predicted octanol–water partition coefficient (Wildman–Crippen LogP) is 1.13. The second-order valence-corrected chi connectivity index (χ2v) is 4.73. The summed E-state index contributed by atoms with van der Waals surface area (Å²) in [7, 11) is 0. The van der Waals surface area contributed by atoms with E-state index in [0.29, 0.717) is 6.54 Å². The molecule has 0 aromatic carbocycles. The van der Waals surface area contributed by atoms with Crippen LogP contribution in [0.5, 0.6) is 0 Å². The van der Waals surface area contributed by atoms with Crippen LogP contribution in [0.2, 0.25) is 0 Å². The lowest BCUT2D eigenvalue weighted by Gasteiger charge is -2.38. The zero-order chi connectivity index (χ0) is 12.5. The fraction of sp³-hybridized carbons (Fsp3) is 0.500. The maximum atomic E-state index is 10.8. The number of aromatic nitrogens is 1. The Labute approximate surface area is 99.7 Å². The Morgan fingerprint density at radius 2 is 2.35 bits per heavy atom. The van der Waals surface area contributed by atoms with Crippen molar-refractivity contribution in [2.24, 2.45) is 0 Å². The Morgan fingerprint density at radius 3 is 3.00 bits per heavy atom. The number of nitrogens with zero attached hydrogens (tertiary/aromatic N) is 2. The fourth-order valence-corrected chi connectivity index (χ4v) is 2.17. The van der Waals surface area contributed by atoms with Crippen molar-refractivity contribution in [3.63, 3.8) is 0 Å².